The fourth-order valence-corrected chi connectivity index (χ4v) is 2.79. The predicted octanol–water partition coefficient (Wildman–Crippen LogP) is 2.36. The second-order valence-electron chi connectivity index (χ2n) is 5.99. The van der Waals surface area contributed by atoms with Crippen LogP contribution in [-0.4, -0.2) is 32.2 Å². The van der Waals surface area contributed by atoms with Crippen molar-refractivity contribution in [3.63, 3.8) is 0 Å². The molecule has 0 bridgehead atoms. The summed E-state index contributed by atoms with van der Waals surface area (Å²) in [6.07, 6.45) is 1.99. The molecule has 1 saturated carbocycles. The van der Waals surface area contributed by atoms with Crippen LogP contribution >= 0.6 is 0 Å². The van der Waals surface area contributed by atoms with Gasteiger partial charge in [-0.05, 0) is 31.9 Å². The smallest absolute Gasteiger partial charge is 0.310 e. The van der Waals surface area contributed by atoms with Gasteiger partial charge < -0.3 is 10.4 Å². The summed E-state index contributed by atoms with van der Waals surface area (Å²) >= 11 is 0. The maximum atomic E-state index is 12.2. The van der Waals surface area contributed by atoms with Crippen LogP contribution in [0.15, 0.2) is 24.3 Å². The van der Waals surface area contributed by atoms with Crippen LogP contribution in [0.25, 0.3) is 11.4 Å². The van der Waals surface area contributed by atoms with Gasteiger partial charge in [0.05, 0.1) is 5.41 Å². The third-order valence-corrected chi connectivity index (χ3v) is 4.27. The van der Waals surface area contributed by atoms with E-state index in [1.807, 2.05) is 13.0 Å². The molecule has 120 valence electrons. The van der Waals surface area contributed by atoms with Crippen LogP contribution in [0, 0.1) is 12.3 Å². The Hall–Kier alpha value is -2.70. The van der Waals surface area contributed by atoms with Gasteiger partial charge >= 0.3 is 5.97 Å². The standard InChI is InChI=1S/C16H18N4O3/c1-10-17-14(20-19-10)11-4-2-5-12(8-11)18-13(21)9-16(15(22)23)6-3-7-16/h2,4-5,8H,3,6-7,9H2,1H3,(H,18,21)(H,22,23)(H,17,19,20). The normalized spacial score (nSPS) is 15.7. The van der Waals surface area contributed by atoms with Gasteiger partial charge in [0.2, 0.25) is 5.91 Å². The van der Waals surface area contributed by atoms with Crippen molar-refractivity contribution in [1.82, 2.24) is 15.2 Å². The molecule has 1 aliphatic rings. The Morgan fingerprint density at radius 3 is 2.74 bits per heavy atom. The summed E-state index contributed by atoms with van der Waals surface area (Å²) < 4.78 is 0. The van der Waals surface area contributed by atoms with Crippen molar-refractivity contribution in [2.24, 2.45) is 5.41 Å². The number of hydrogen-bond donors (Lipinski definition) is 3. The minimum Gasteiger partial charge on any atom is -0.481 e. The van der Waals surface area contributed by atoms with E-state index in [0.29, 0.717) is 30.2 Å². The Bertz CT molecular complexity index is 749. The molecule has 0 atom stereocenters. The van der Waals surface area contributed by atoms with E-state index >= 15 is 0 Å². The summed E-state index contributed by atoms with van der Waals surface area (Å²) in [6.45, 7) is 1.81. The van der Waals surface area contributed by atoms with Gasteiger partial charge in [-0.2, -0.15) is 5.10 Å². The number of amides is 1. The predicted molar refractivity (Wildman–Crippen MR) is 83.7 cm³/mol. The average Bonchev–Trinajstić information content (AvgIpc) is 2.89. The van der Waals surface area contributed by atoms with Crippen LogP contribution < -0.4 is 5.32 Å². The minimum absolute atomic E-state index is 0.00627. The van der Waals surface area contributed by atoms with E-state index < -0.39 is 11.4 Å². The summed E-state index contributed by atoms with van der Waals surface area (Å²) in [5.74, 6) is 0.0988. The molecule has 7 heteroatoms. The highest BCUT2D eigenvalue weighted by Crippen LogP contribution is 2.44. The highest BCUT2D eigenvalue weighted by Gasteiger charge is 2.45. The van der Waals surface area contributed by atoms with E-state index in [1.54, 1.807) is 18.2 Å². The van der Waals surface area contributed by atoms with Gasteiger partial charge in [0, 0.05) is 17.7 Å². The number of nitrogens with zero attached hydrogens (tertiary/aromatic N) is 2. The van der Waals surface area contributed by atoms with Gasteiger partial charge in [-0.25, -0.2) is 4.98 Å². The maximum absolute atomic E-state index is 12.2. The first-order valence-electron chi connectivity index (χ1n) is 7.51. The van der Waals surface area contributed by atoms with Crippen LogP contribution in [0.3, 0.4) is 0 Å². The van der Waals surface area contributed by atoms with Gasteiger partial charge in [-0.1, -0.05) is 18.6 Å². The first-order chi connectivity index (χ1) is 11.0. The number of carboxylic acids is 1. The SMILES string of the molecule is Cc1nc(-c2cccc(NC(=O)CC3(C(=O)O)CCC3)c2)n[nH]1. The lowest BCUT2D eigenvalue weighted by molar-refractivity contribution is -0.157. The summed E-state index contributed by atoms with van der Waals surface area (Å²) in [5, 5.41) is 18.9. The average molecular weight is 314 g/mol. The Morgan fingerprint density at radius 2 is 2.17 bits per heavy atom. The van der Waals surface area contributed by atoms with Crippen molar-refractivity contribution in [2.75, 3.05) is 5.32 Å². The number of carbonyl (C=O) groups is 2. The number of carboxylic acid groups (broad SMARTS) is 1. The van der Waals surface area contributed by atoms with Crippen molar-refractivity contribution < 1.29 is 14.7 Å². The third-order valence-electron chi connectivity index (χ3n) is 4.27. The molecule has 0 aliphatic heterocycles. The molecule has 0 saturated heterocycles. The van der Waals surface area contributed by atoms with Crippen LogP contribution in [0.5, 0.6) is 0 Å². The molecule has 2 aromatic rings. The fraction of sp³-hybridized carbons (Fsp3) is 0.375. The molecule has 3 N–H and O–H groups in total. The summed E-state index contributed by atoms with van der Waals surface area (Å²) in [4.78, 5) is 27.7. The second kappa shape index (κ2) is 5.83. The highest BCUT2D eigenvalue weighted by atomic mass is 16.4. The number of carbonyl (C=O) groups excluding carboxylic acids is 1. The van der Waals surface area contributed by atoms with Crippen molar-refractivity contribution in [2.45, 2.75) is 32.6 Å². The molecule has 1 aliphatic carbocycles. The van der Waals surface area contributed by atoms with Crippen molar-refractivity contribution in [3.8, 4) is 11.4 Å². The number of H-pyrrole nitrogens is 1. The highest BCUT2D eigenvalue weighted by molar-refractivity contribution is 5.95. The molecule has 1 aromatic heterocycles. The topological polar surface area (TPSA) is 108 Å². The van der Waals surface area contributed by atoms with E-state index in [9.17, 15) is 14.7 Å². The van der Waals surface area contributed by atoms with Crippen LogP contribution in [0.2, 0.25) is 0 Å². The summed E-state index contributed by atoms with van der Waals surface area (Å²) in [5.41, 5.74) is 0.501. The summed E-state index contributed by atoms with van der Waals surface area (Å²) in [6, 6.07) is 7.18. The van der Waals surface area contributed by atoms with E-state index in [4.69, 9.17) is 0 Å². The van der Waals surface area contributed by atoms with Gasteiger partial charge in [0.1, 0.15) is 5.82 Å². The Balaban J connectivity index is 1.70. The summed E-state index contributed by atoms with van der Waals surface area (Å²) in [7, 11) is 0. The zero-order valence-electron chi connectivity index (χ0n) is 12.8. The number of nitrogens with one attached hydrogen (secondary N) is 2. The second-order valence-corrected chi connectivity index (χ2v) is 5.99. The Kier molecular flexibility index (Phi) is 3.85. The number of hydrogen-bond acceptors (Lipinski definition) is 4. The number of aromatic amines is 1. The molecule has 3 rings (SSSR count). The molecular formula is C16H18N4O3. The molecule has 0 radical (unpaired) electrons. The van der Waals surface area contributed by atoms with Gasteiger partial charge in [-0.15, -0.1) is 0 Å². The quantitative estimate of drug-likeness (QED) is 0.785. The van der Waals surface area contributed by atoms with Crippen LogP contribution in [0.1, 0.15) is 31.5 Å². The van der Waals surface area contributed by atoms with Crippen molar-refractivity contribution >= 4 is 17.6 Å². The lowest BCUT2D eigenvalue weighted by atomic mass is 9.66. The lowest BCUT2D eigenvalue weighted by Gasteiger charge is -2.36. The van der Waals surface area contributed by atoms with Gasteiger partial charge in [-0.3, -0.25) is 14.7 Å². The van der Waals surface area contributed by atoms with Crippen molar-refractivity contribution in [3.05, 3.63) is 30.1 Å². The molecule has 1 fully saturated rings. The van der Waals surface area contributed by atoms with Gasteiger partial charge in [0.15, 0.2) is 5.82 Å². The Labute approximate surface area is 133 Å². The first kappa shape index (κ1) is 15.2. The molecule has 1 heterocycles. The first-order valence-corrected chi connectivity index (χ1v) is 7.51. The number of anilines is 1. The van der Waals surface area contributed by atoms with E-state index in [1.165, 1.54) is 0 Å². The molecule has 7 nitrogen and oxygen atoms in total. The van der Waals surface area contributed by atoms with Crippen LogP contribution in [-0.2, 0) is 9.59 Å². The van der Waals surface area contributed by atoms with E-state index in [2.05, 4.69) is 20.5 Å². The lowest BCUT2D eigenvalue weighted by Crippen LogP contribution is -2.41. The van der Waals surface area contributed by atoms with Crippen LogP contribution in [0.4, 0.5) is 5.69 Å². The molecule has 0 spiro atoms. The molecule has 23 heavy (non-hydrogen) atoms. The van der Waals surface area contributed by atoms with E-state index in [0.717, 1.165) is 12.0 Å². The van der Waals surface area contributed by atoms with Crippen molar-refractivity contribution in [1.29, 1.82) is 0 Å². The minimum atomic E-state index is -0.886. The number of aryl methyl sites for hydroxylation is 1. The maximum Gasteiger partial charge on any atom is 0.310 e. The molecule has 0 unspecified atom stereocenters. The Morgan fingerprint density at radius 1 is 1.39 bits per heavy atom. The number of benzene rings is 1. The largest absolute Gasteiger partial charge is 0.481 e. The number of aliphatic carboxylic acids is 1. The third kappa shape index (κ3) is 3.08. The monoisotopic (exact) mass is 314 g/mol. The molecule has 1 amide bonds. The molecular weight excluding hydrogens is 296 g/mol. The zero-order chi connectivity index (χ0) is 16.4. The number of rotatable bonds is 5. The molecule has 1 aromatic carbocycles. The number of aromatic nitrogens is 3. The zero-order valence-corrected chi connectivity index (χ0v) is 12.8. The van der Waals surface area contributed by atoms with Gasteiger partial charge in [0.25, 0.3) is 0 Å². The van der Waals surface area contributed by atoms with E-state index in [-0.39, 0.29) is 12.3 Å². The fourth-order valence-electron chi connectivity index (χ4n) is 2.79.